The van der Waals surface area contributed by atoms with Crippen LogP contribution < -0.4 is 16.0 Å². The first kappa shape index (κ1) is 19.4. The Bertz CT molecular complexity index is 955. The van der Waals surface area contributed by atoms with Crippen molar-refractivity contribution >= 4 is 27.2 Å². The minimum Gasteiger partial charge on any atom is -0.358 e. The molecule has 2 heterocycles. The van der Waals surface area contributed by atoms with Gasteiger partial charge in [0.25, 0.3) is 10.0 Å². The molecule has 1 aliphatic carbocycles. The fraction of sp³-hybridized carbons (Fsp3) is 0.588. The lowest BCUT2D eigenvalue weighted by molar-refractivity contribution is -0.156. The maximum Gasteiger partial charge on any atom is 0.408 e. The van der Waals surface area contributed by atoms with Crippen LogP contribution in [0.15, 0.2) is 21.4 Å². The van der Waals surface area contributed by atoms with E-state index < -0.39 is 38.5 Å². The van der Waals surface area contributed by atoms with Crippen LogP contribution in [0.2, 0.25) is 0 Å². The van der Waals surface area contributed by atoms with E-state index in [1.165, 1.54) is 0 Å². The van der Waals surface area contributed by atoms with Crippen molar-refractivity contribution in [3.63, 3.8) is 0 Å². The third-order valence-electron chi connectivity index (χ3n) is 5.41. The first-order valence-electron chi connectivity index (χ1n) is 8.95. The summed E-state index contributed by atoms with van der Waals surface area (Å²) < 4.78 is 84.3. The highest BCUT2D eigenvalue weighted by molar-refractivity contribution is 7.90. The van der Waals surface area contributed by atoms with E-state index in [1.807, 2.05) is 0 Å². The average Bonchev–Trinajstić information content (AvgIpc) is 3.38. The molecular formula is C17H20F4N4O2S. The van der Waals surface area contributed by atoms with Crippen molar-refractivity contribution in [3.8, 4) is 0 Å². The van der Waals surface area contributed by atoms with Crippen molar-refractivity contribution in [3.05, 3.63) is 17.9 Å². The SMILES string of the molecule is C[C@]1(N)CCN(c2cc(F)cc3c2NC(C2CC2)=NS3(=O)=O)[C@H](C(F)(F)F)C1. The number of fused-ring (bicyclic) bond motifs is 1. The molecule has 4 rings (SSSR count). The topological polar surface area (TPSA) is 87.8 Å². The van der Waals surface area contributed by atoms with Gasteiger partial charge >= 0.3 is 6.18 Å². The van der Waals surface area contributed by atoms with E-state index in [4.69, 9.17) is 5.73 Å². The van der Waals surface area contributed by atoms with Gasteiger partial charge in [-0.1, -0.05) is 0 Å². The molecule has 0 bridgehead atoms. The van der Waals surface area contributed by atoms with Crippen molar-refractivity contribution in [2.24, 2.45) is 16.0 Å². The molecule has 3 N–H and O–H groups in total. The lowest BCUT2D eigenvalue weighted by Crippen LogP contribution is -2.58. The zero-order valence-corrected chi connectivity index (χ0v) is 15.9. The van der Waals surface area contributed by atoms with E-state index in [0.29, 0.717) is 0 Å². The van der Waals surface area contributed by atoms with Crippen molar-refractivity contribution in [1.82, 2.24) is 0 Å². The molecule has 2 atom stereocenters. The predicted molar refractivity (Wildman–Crippen MR) is 96.4 cm³/mol. The Morgan fingerprint density at radius 2 is 2.00 bits per heavy atom. The summed E-state index contributed by atoms with van der Waals surface area (Å²) in [6.07, 6.45) is -3.25. The average molecular weight is 420 g/mol. The highest BCUT2D eigenvalue weighted by Gasteiger charge is 2.50. The summed E-state index contributed by atoms with van der Waals surface area (Å²) in [6.45, 7) is 1.47. The third kappa shape index (κ3) is 3.45. The van der Waals surface area contributed by atoms with Gasteiger partial charge in [-0.3, -0.25) is 0 Å². The van der Waals surface area contributed by atoms with Crippen LogP contribution in [0.5, 0.6) is 0 Å². The van der Waals surface area contributed by atoms with Crippen LogP contribution in [0.1, 0.15) is 32.6 Å². The van der Waals surface area contributed by atoms with E-state index in [-0.39, 0.29) is 42.5 Å². The zero-order valence-electron chi connectivity index (χ0n) is 15.1. The summed E-state index contributed by atoms with van der Waals surface area (Å²) in [5.41, 5.74) is 4.75. The maximum atomic E-state index is 14.2. The fourth-order valence-electron chi connectivity index (χ4n) is 3.75. The smallest absolute Gasteiger partial charge is 0.358 e. The van der Waals surface area contributed by atoms with Crippen molar-refractivity contribution in [2.45, 2.75) is 55.3 Å². The number of nitrogens with zero attached hydrogens (tertiary/aromatic N) is 2. The minimum absolute atomic E-state index is 0.0480. The Hall–Kier alpha value is -1.88. The predicted octanol–water partition coefficient (Wildman–Crippen LogP) is 3.00. The molecule has 154 valence electrons. The Labute approximate surface area is 159 Å². The van der Waals surface area contributed by atoms with Gasteiger partial charge in [0.15, 0.2) is 0 Å². The molecule has 0 unspecified atom stereocenters. The number of halogens is 4. The first-order chi connectivity index (χ1) is 12.9. The normalized spacial score (nSPS) is 29.7. The van der Waals surface area contributed by atoms with E-state index >= 15 is 0 Å². The van der Waals surface area contributed by atoms with Crippen LogP contribution in [0.25, 0.3) is 0 Å². The maximum absolute atomic E-state index is 14.2. The molecular weight excluding hydrogens is 400 g/mol. The van der Waals surface area contributed by atoms with Crippen LogP contribution in [0.3, 0.4) is 0 Å². The van der Waals surface area contributed by atoms with Crippen LogP contribution in [-0.2, 0) is 10.0 Å². The van der Waals surface area contributed by atoms with Gasteiger partial charge in [-0.05, 0) is 44.7 Å². The van der Waals surface area contributed by atoms with Gasteiger partial charge < -0.3 is 16.0 Å². The van der Waals surface area contributed by atoms with E-state index in [0.717, 1.165) is 29.9 Å². The number of sulfonamides is 1. The summed E-state index contributed by atoms with van der Waals surface area (Å²) in [4.78, 5) is 0.559. The molecule has 2 fully saturated rings. The quantitative estimate of drug-likeness (QED) is 0.719. The molecule has 28 heavy (non-hydrogen) atoms. The van der Waals surface area contributed by atoms with Crippen LogP contribution in [0.4, 0.5) is 28.9 Å². The number of anilines is 2. The lowest BCUT2D eigenvalue weighted by Gasteiger charge is -2.45. The first-order valence-corrected chi connectivity index (χ1v) is 10.4. The zero-order chi connectivity index (χ0) is 20.5. The van der Waals surface area contributed by atoms with Gasteiger partial charge in [0, 0.05) is 18.0 Å². The highest BCUT2D eigenvalue weighted by atomic mass is 32.2. The van der Waals surface area contributed by atoms with Gasteiger partial charge in [-0.2, -0.15) is 21.6 Å². The second-order valence-electron chi connectivity index (χ2n) is 8.01. The number of benzene rings is 1. The number of amidine groups is 1. The Morgan fingerprint density at radius 3 is 2.61 bits per heavy atom. The fourth-order valence-corrected chi connectivity index (χ4v) is 4.98. The van der Waals surface area contributed by atoms with Crippen LogP contribution in [-0.4, -0.2) is 38.6 Å². The van der Waals surface area contributed by atoms with Gasteiger partial charge in [-0.15, -0.1) is 4.40 Å². The van der Waals surface area contributed by atoms with Gasteiger partial charge in [0.1, 0.15) is 22.6 Å². The molecule has 11 heteroatoms. The number of rotatable bonds is 2. The lowest BCUT2D eigenvalue weighted by atomic mass is 9.85. The highest BCUT2D eigenvalue weighted by Crippen LogP contribution is 2.45. The molecule has 1 saturated carbocycles. The number of piperidine rings is 1. The molecule has 0 spiro atoms. The molecule has 2 aliphatic heterocycles. The number of nitrogens with two attached hydrogens (primary N) is 1. The van der Waals surface area contributed by atoms with E-state index in [9.17, 15) is 26.0 Å². The van der Waals surface area contributed by atoms with Crippen molar-refractivity contribution < 1.29 is 26.0 Å². The van der Waals surface area contributed by atoms with Gasteiger partial charge in [-0.25, -0.2) is 4.39 Å². The van der Waals surface area contributed by atoms with Crippen LogP contribution >= 0.6 is 0 Å². The molecule has 3 aliphatic rings. The van der Waals surface area contributed by atoms with Gasteiger partial charge in [0.05, 0.1) is 11.4 Å². The number of hydrogen-bond donors (Lipinski definition) is 2. The summed E-state index contributed by atoms with van der Waals surface area (Å²) in [5.74, 6) is -0.816. The monoisotopic (exact) mass is 420 g/mol. The molecule has 1 saturated heterocycles. The molecule has 1 aromatic rings. The molecule has 1 aromatic carbocycles. The molecule has 6 nitrogen and oxygen atoms in total. The molecule has 0 amide bonds. The standard InChI is InChI=1S/C17H20F4N4O2S/c1-16(22)4-5-25(13(8-16)17(19,20)21)11-6-10(18)7-12-14(11)23-15(9-2-3-9)24-28(12,26)27/h6-7,9,13H,2-5,8,22H2,1H3,(H,23,24)/t13-,16-/m0/s1. The summed E-state index contributed by atoms with van der Waals surface area (Å²) in [5, 5.41) is 2.86. The summed E-state index contributed by atoms with van der Waals surface area (Å²) in [7, 11) is -4.20. The van der Waals surface area contributed by atoms with Crippen molar-refractivity contribution in [2.75, 3.05) is 16.8 Å². The Kier molecular flexibility index (Phi) is 4.20. The minimum atomic E-state index is -4.61. The number of hydrogen-bond acceptors (Lipinski definition) is 5. The second kappa shape index (κ2) is 6.06. The Morgan fingerprint density at radius 1 is 1.32 bits per heavy atom. The van der Waals surface area contributed by atoms with Gasteiger partial charge in [0.2, 0.25) is 0 Å². The van der Waals surface area contributed by atoms with E-state index in [2.05, 4.69) is 9.71 Å². The molecule has 0 radical (unpaired) electrons. The largest absolute Gasteiger partial charge is 0.408 e. The third-order valence-corrected chi connectivity index (χ3v) is 6.72. The summed E-state index contributed by atoms with van der Waals surface area (Å²) >= 11 is 0. The van der Waals surface area contributed by atoms with Crippen LogP contribution in [0, 0.1) is 11.7 Å². The summed E-state index contributed by atoms with van der Waals surface area (Å²) in [6, 6.07) is -0.224. The molecule has 0 aromatic heterocycles. The second-order valence-corrected chi connectivity index (χ2v) is 9.58. The Balaban J connectivity index is 1.84. The number of alkyl halides is 3. The van der Waals surface area contributed by atoms with Crippen molar-refractivity contribution in [1.29, 1.82) is 0 Å². The van der Waals surface area contributed by atoms with E-state index in [1.54, 1.807) is 6.92 Å². The number of nitrogens with one attached hydrogen (secondary N) is 1.